The van der Waals surface area contributed by atoms with E-state index >= 15 is 0 Å². The van der Waals surface area contributed by atoms with Gasteiger partial charge in [0.15, 0.2) is 5.96 Å². The second-order valence-electron chi connectivity index (χ2n) is 9.40. The van der Waals surface area contributed by atoms with Crippen LogP contribution in [0.4, 0.5) is 0 Å². The number of likely N-dealkylation sites (tertiary alicyclic amines) is 2. The number of guanidine groups is 1. The van der Waals surface area contributed by atoms with Gasteiger partial charge in [-0.1, -0.05) is 48.5 Å². The molecule has 6 heteroatoms. The van der Waals surface area contributed by atoms with Crippen LogP contribution in [-0.2, 0) is 26.2 Å². The van der Waals surface area contributed by atoms with Crippen LogP contribution in [0.3, 0.4) is 0 Å². The minimum Gasteiger partial charge on any atom is -0.393 e. The summed E-state index contributed by atoms with van der Waals surface area (Å²) in [6, 6.07) is 17.7. The predicted molar refractivity (Wildman–Crippen MR) is 135 cm³/mol. The Labute approximate surface area is 198 Å². The Morgan fingerprint density at radius 2 is 1.18 bits per heavy atom. The summed E-state index contributed by atoms with van der Waals surface area (Å²) in [5, 5.41) is 16.5. The van der Waals surface area contributed by atoms with Crippen LogP contribution in [0.5, 0.6) is 0 Å². The summed E-state index contributed by atoms with van der Waals surface area (Å²) in [7, 11) is 1.81. The Morgan fingerprint density at radius 1 is 0.758 bits per heavy atom. The lowest BCUT2D eigenvalue weighted by Crippen LogP contribution is -2.36. The third-order valence-electron chi connectivity index (χ3n) is 6.76. The van der Waals surface area contributed by atoms with E-state index in [1.165, 1.54) is 48.2 Å². The van der Waals surface area contributed by atoms with Gasteiger partial charge in [0.05, 0.1) is 6.10 Å². The zero-order valence-electron chi connectivity index (χ0n) is 20.0. The summed E-state index contributed by atoms with van der Waals surface area (Å²) >= 11 is 0. The molecular formula is C27H39N5O. The average Bonchev–Trinajstić information content (AvgIpc) is 3.36. The van der Waals surface area contributed by atoms with Gasteiger partial charge < -0.3 is 15.7 Å². The summed E-state index contributed by atoms with van der Waals surface area (Å²) in [5.74, 6) is 0.812. The van der Waals surface area contributed by atoms with Crippen LogP contribution in [0, 0.1) is 0 Å². The van der Waals surface area contributed by atoms with E-state index in [4.69, 9.17) is 0 Å². The largest absolute Gasteiger partial charge is 0.393 e. The first-order valence-corrected chi connectivity index (χ1v) is 12.4. The molecule has 0 spiro atoms. The Bertz CT molecular complexity index is 866. The van der Waals surface area contributed by atoms with E-state index in [0.29, 0.717) is 0 Å². The Kier molecular flexibility index (Phi) is 8.75. The fraction of sp³-hybridized carbons (Fsp3) is 0.519. The van der Waals surface area contributed by atoms with Crippen molar-refractivity contribution in [1.82, 2.24) is 20.4 Å². The van der Waals surface area contributed by atoms with Crippen molar-refractivity contribution in [2.24, 2.45) is 4.99 Å². The van der Waals surface area contributed by atoms with Crippen LogP contribution in [0.15, 0.2) is 53.5 Å². The SMILES string of the molecule is CN=C(NCc1ccc(CN2CCCC2)cc1)NCc1ccc(CN2CCC(O)CC2)cc1. The van der Waals surface area contributed by atoms with Gasteiger partial charge in [-0.15, -0.1) is 0 Å². The third-order valence-corrected chi connectivity index (χ3v) is 6.76. The predicted octanol–water partition coefficient (Wildman–Crippen LogP) is 3.10. The van der Waals surface area contributed by atoms with E-state index in [0.717, 1.165) is 58.1 Å². The van der Waals surface area contributed by atoms with Gasteiger partial charge in [-0.3, -0.25) is 14.8 Å². The molecule has 3 N–H and O–H groups in total. The molecule has 0 aliphatic carbocycles. The van der Waals surface area contributed by atoms with Crippen LogP contribution in [-0.4, -0.2) is 60.2 Å². The van der Waals surface area contributed by atoms with Crippen molar-refractivity contribution in [1.29, 1.82) is 0 Å². The molecule has 0 saturated carbocycles. The molecule has 0 amide bonds. The highest BCUT2D eigenvalue weighted by Crippen LogP contribution is 2.15. The average molecular weight is 450 g/mol. The highest BCUT2D eigenvalue weighted by Gasteiger charge is 2.16. The minimum atomic E-state index is -0.114. The first-order valence-electron chi connectivity index (χ1n) is 12.4. The van der Waals surface area contributed by atoms with E-state index in [-0.39, 0.29) is 6.10 Å². The molecule has 2 aromatic rings. The van der Waals surface area contributed by atoms with Gasteiger partial charge in [-0.2, -0.15) is 0 Å². The number of nitrogens with one attached hydrogen (secondary N) is 2. The highest BCUT2D eigenvalue weighted by atomic mass is 16.3. The molecule has 0 radical (unpaired) electrons. The molecule has 0 bridgehead atoms. The number of aliphatic hydroxyl groups is 1. The first kappa shape index (κ1) is 23.7. The smallest absolute Gasteiger partial charge is 0.191 e. The normalized spacial score (nSPS) is 18.5. The van der Waals surface area contributed by atoms with Crippen LogP contribution in [0.1, 0.15) is 47.9 Å². The van der Waals surface area contributed by atoms with Crippen molar-refractivity contribution in [2.75, 3.05) is 33.2 Å². The van der Waals surface area contributed by atoms with Crippen molar-refractivity contribution in [3.05, 3.63) is 70.8 Å². The van der Waals surface area contributed by atoms with Gasteiger partial charge >= 0.3 is 0 Å². The molecule has 4 rings (SSSR count). The van der Waals surface area contributed by atoms with Crippen LogP contribution >= 0.6 is 0 Å². The highest BCUT2D eigenvalue weighted by molar-refractivity contribution is 5.79. The van der Waals surface area contributed by atoms with E-state index in [1.807, 2.05) is 7.05 Å². The number of benzene rings is 2. The fourth-order valence-corrected chi connectivity index (χ4v) is 4.65. The van der Waals surface area contributed by atoms with Crippen LogP contribution < -0.4 is 10.6 Å². The third kappa shape index (κ3) is 7.56. The number of hydrogen-bond donors (Lipinski definition) is 3. The molecule has 2 aromatic carbocycles. The topological polar surface area (TPSA) is 63.1 Å². The standard InChI is InChI=1S/C27H39N5O/c1-28-27(29-18-22-4-8-24(9-5-22)20-31-14-2-3-15-31)30-19-23-6-10-25(11-7-23)21-32-16-12-26(33)13-17-32/h4-11,26,33H,2-3,12-21H2,1H3,(H2,28,29,30). The van der Waals surface area contributed by atoms with Crippen molar-refractivity contribution in [3.8, 4) is 0 Å². The lowest BCUT2D eigenvalue weighted by Gasteiger charge is -2.29. The maximum Gasteiger partial charge on any atom is 0.191 e. The lowest BCUT2D eigenvalue weighted by molar-refractivity contribution is 0.0792. The molecule has 2 saturated heterocycles. The van der Waals surface area contributed by atoms with Crippen LogP contribution in [0.2, 0.25) is 0 Å². The fourth-order valence-electron chi connectivity index (χ4n) is 4.65. The number of aliphatic hydroxyl groups excluding tert-OH is 1. The Morgan fingerprint density at radius 3 is 1.64 bits per heavy atom. The maximum atomic E-state index is 9.67. The number of rotatable bonds is 8. The van der Waals surface area contributed by atoms with E-state index in [9.17, 15) is 5.11 Å². The molecule has 2 heterocycles. The Hall–Kier alpha value is -2.41. The lowest BCUT2D eigenvalue weighted by atomic mass is 10.1. The number of hydrogen-bond acceptors (Lipinski definition) is 4. The summed E-state index contributed by atoms with van der Waals surface area (Å²) in [6.45, 7) is 7.95. The van der Waals surface area contributed by atoms with E-state index in [2.05, 4.69) is 74.0 Å². The molecule has 33 heavy (non-hydrogen) atoms. The number of nitrogens with zero attached hydrogens (tertiary/aromatic N) is 3. The van der Waals surface area contributed by atoms with Gasteiger partial charge in [-0.05, 0) is 61.0 Å². The summed E-state index contributed by atoms with van der Waals surface area (Å²) in [6.07, 6.45) is 4.33. The summed E-state index contributed by atoms with van der Waals surface area (Å²) < 4.78 is 0. The molecule has 2 aliphatic rings. The molecule has 0 aromatic heterocycles. The monoisotopic (exact) mass is 449 g/mol. The van der Waals surface area contributed by atoms with Crippen LogP contribution in [0.25, 0.3) is 0 Å². The van der Waals surface area contributed by atoms with Gasteiger partial charge in [0, 0.05) is 46.3 Å². The second kappa shape index (κ2) is 12.2. The quantitative estimate of drug-likeness (QED) is 0.427. The molecule has 178 valence electrons. The molecule has 2 fully saturated rings. The van der Waals surface area contributed by atoms with Gasteiger partial charge in [0.2, 0.25) is 0 Å². The molecule has 0 atom stereocenters. The van der Waals surface area contributed by atoms with Gasteiger partial charge in [0.25, 0.3) is 0 Å². The summed E-state index contributed by atoms with van der Waals surface area (Å²) in [5.41, 5.74) is 5.22. The number of piperidine rings is 1. The van der Waals surface area contributed by atoms with E-state index in [1.54, 1.807) is 0 Å². The van der Waals surface area contributed by atoms with E-state index < -0.39 is 0 Å². The zero-order chi connectivity index (χ0) is 22.9. The molecule has 6 nitrogen and oxygen atoms in total. The van der Waals surface area contributed by atoms with Crippen molar-refractivity contribution in [2.45, 2.75) is 58.0 Å². The Balaban J connectivity index is 1.18. The van der Waals surface area contributed by atoms with Crippen molar-refractivity contribution >= 4 is 5.96 Å². The minimum absolute atomic E-state index is 0.114. The van der Waals surface area contributed by atoms with Crippen molar-refractivity contribution in [3.63, 3.8) is 0 Å². The van der Waals surface area contributed by atoms with Crippen molar-refractivity contribution < 1.29 is 5.11 Å². The zero-order valence-corrected chi connectivity index (χ0v) is 20.0. The molecular weight excluding hydrogens is 410 g/mol. The molecule has 2 aliphatic heterocycles. The maximum absolute atomic E-state index is 9.67. The first-order chi connectivity index (χ1) is 16.2. The second-order valence-corrected chi connectivity index (χ2v) is 9.40. The van der Waals surface area contributed by atoms with Gasteiger partial charge in [0.1, 0.15) is 0 Å². The summed E-state index contributed by atoms with van der Waals surface area (Å²) in [4.78, 5) is 9.32. The van der Waals surface area contributed by atoms with Gasteiger partial charge in [-0.25, -0.2) is 0 Å². The number of aliphatic imine (C=N–C) groups is 1. The molecule has 0 unspecified atom stereocenters.